The van der Waals surface area contributed by atoms with Crippen molar-refractivity contribution in [3.05, 3.63) is 90.1 Å². The first-order valence-electron chi connectivity index (χ1n) is 14.6. The molecule has 0 aliphatic heterocycles. The van der Waals surface area contributed by atoms with Crippen molar-refractivity contribution in [3.63, 3.8) is 0 Å². The molecule has 5 unspecified atom stereocenters. The normalized spacial score (nSPS) is 14.6. The number of amides is 3. The molecule has 12 nitrogen and oxygen atoms in total. The average molecular weight is 602 g/mol. The number of para-hydroxylation sites is 1. The van der Waals surface area contributed by atoms with Crippen molar-refractivity contribution in [3.8, 4) is 0 Å². The van der Waals surface area contributed by atoms with Crippen LogP contribution in [-0.2, 0) is 38.4 Å². The molecular formula is C32H39N7O5. The molecule has 0 aliphatic carbocycles. The molecule has 0 aliphatic rings. The first kappa shape index (κ1) is 32.0. The number of nitrogens with two attached hydrogens (primary N) is 1. The van der Waals surface area contributed by atoms with Crippen molar-refractivity contribution >= 4 is 34.6 Å². The van der Waals surface area contributed by atoms with Crippen LogP contribution in [0, 0.1) is 5.92 Å². The van der Waals surface area contributed by atoms with Gasteiger partial charge < -0.3 is 36.8 Å². The van der Waals surface area contributed by atoms with Gasteiger partial charge in [0, 0.05) is 48.3 Å². The van der Waals surface area contributed by atoms with Crippen molar-refractivity contribution in [2.75, 3.05) is 0 Å². The van der Waals surface area contributed by atoms with Gasteiger partial charge in [0.05, 0.1) is 12.4 Å². The Labute approximate surface area is 255 Å². The molecule has 0 saturated heterocycles. The fourth-order valence-electron chi connectivity index (χ4n) is 5.00. The predicted octanol–water partition coefficient (Wildman–Crippen LogP) is 1.83. The summed E-state index contributed by atoms with van der Waals surface area (Å²) >= 11 is 0. The Morgan fingerprint density at radius 2 is 1.57 bits per heavy atom. The molecule has 8 N–H and O–H groups in total. The lowest BCUT2D eigenvalue weighted by molar-refractivity contribution is -0.142. The predicted molar refractivity (Wildman–Crippen MR) is 165 cm³/mol. The molecule has 44 heavy (non-hydrogen) atoms. The SMILES string of the molecule is CCC(C)C(NC(=O)C(Cc1c[nH]c2ccccc12)NC(=O)C(N)Cc1cnc[nH]1)C(=O)NC(Cc1ccccc1)C(=O)O. The van der Waals surface area contributed by atoms with E-state index in [4.69, 9.17) is 5.73 Å². The molecule has 2 heterocycles. The number of carboxylic acids is 1. The van der Waals surface area contributed by atoms with Crippen LogP contribution in [0.5, 0.6) is 0 Å². The first-order valence-corrected chi connectivity index (χ1v) is 14.6. The van der Waals surface area contributed by atoms with E-state index in [1.54, 1.807) is 43.6 Å². The second-order valence-electron chi connectivity index (χ2n) is 11.0. The zero-order valence-electron chi connectivity index (χ0n) is 24.7. The number of H-pyrrole nitrogens is 2. The maximum Gasteiger partial charge on any atom is 0.326 e. The van der Waals surface area contributed by atoms with Gasteiger partial charge >= 0.3 is 5.97 Å². The first-order chi connectivity index (χ1) is 21.2. The smallest absolute Gasteiger partial charge is 0.326 e. The Hall–Kier alpha value is -4.97. The van der Waals surface area contributed by atoms with Gasteiger partial charge in [0.2, 0.25) is 17.7 Å². The molecule has 0 fully saturated rings. The minimum absolute atomic E-state index is 0.0799. The minimum Gasteiger partial charge on any atom is -0.480 e. The number of aliphatic carboxylic acids is 1. The summed E-state index contributed by atoms with van der Waals surface area (Å²) in [5.74, 6) is -3.28. The molecule has 232 valence electrons. The highest BCUT2D eigenvalue weighted by Gasteiger charge is 2.33. The number of aromatic nitrogens is 3. The van der Waals surface area contributed by atoms with Crippen LogP contribution in [0.15, 0.2) is 73.3 Å². The van der Waals surface area contributed by atoms with E-state index in [-0.39, 0.29) is 25.2 Å². The van der Waals surface area contributed by atoms with E-state index in [0.717, 1.165) is 22.0 Å². The van der Waals surface area contributed by atoms with Crippen molar-refractivity contribution in [1.29, 1.82) is 0 Å². The monoisotopic (exact) mass is 601 g/mol. The number of imidazole rings is 1. The third-order valence-electron chi connectivity index (χ3n) is 7.75. The fourth-order valence-corrected chi connectivity index (χ4v) is 5.00. The van der Waals surface area contributed by atoms with Crippen LogP contribution < -0.4 is 21.7 Å². The van der Waals surface area contributed by atoms with Gasteiger partial charge in [-0.05, 0) is 23.1 Å². The van der Waals surface area contributed by atoms with Crippen molar-refractivity contribution in [2.45, 2.75) is 63.7 Å². The number of carbonyl (C=O) groups excluding carboxylic acids is 3. The van der Waals surface area contributed by atoms with Gasteiger partial charge in [-0.3, -0.25) is 14.4 Å². The lowest BCUT2D eigenvalue weighted by Gasteiger charge is -2.28. The standard InChI is InChI=1S/C32H39N7O5/c1-3-19(2)28(31(42)38-27(32(43)44)13-20-9-5-4-6-10-20)39-30(41)26(14-21-16-35-25-12-8-7-11-23(21)25)37-29(40)24(33)15-22-17-34-18-36-22/h4-12,16-19,24,26-28,35H,3,13-15,33H2,1-2H3,(H,34,36)(H,37,40)(H,38,42)(H,39,41)(H,43,44). The van der Waals surface area contributed by atoms with E-state index >= 15 is 0 Å². The highest BCUT2D eigenvalue weighted by molar-refractivity contribution is 5.95. The summed E-state index contributed by atoms with van der Waals surface area (Å²) in [6.45, 7) is 3.67. The number of rotatable bonds is 15. The summed E-state index contributed by atoms with van der Waals surface area (Å²) in [6.07, 6.45) is 5.76. The zero-order chi connectivity index (χ0) is 31.6. The van der Waals surface area contributed by atoms with E-state index in [9.17, 15) is 24.3 Å². The maximum absolute atomic E-state index is 13.8. The Morgan fingerprint density at radius 1 is 0.864 bits per heavy atom. The summed E-state index contributed by atoms with van der Waals surface area (Å²) in [6, 6.07) is 12.3. The second-order valence-corrected chi connectivity index (χ2v) is 11.0. The highest BCUT2D eigenvalue weighted by atomic mass is 16.4. The maximum atomic E-state index is 13.8. The van der Waals surface area contributed by atoms with Gasteiger partial charge in [-0.2, -0.15) is 0 Å². The molecule has 5 atom stereocenters. The van der Waals surface area contributed by atoms with Crippen LogP contribution in [0.25, 0.3) is 10.9 Å². The number of nitrogens with zero attached hydrogens (tertiary/aromatic N) is 1. The van der Waals surface area contributed by atoms with Gasteiger partial charge in [-0.15, -0.1) is 0 Å². The number of nitrogens with one attached hydrogen (secondary N) is 5. The number of carbonyl (C=O) groups is 4. The molecule has 4 aromatic rings. The Morgan fingerprint density at radius 3 is 2.25 bits per heavy atom. The van der Waals surface area contributed by atoms with Crippen LogP contribution in [0.2, 0.25) is 0 Å². The topological polar surface area (TPSA) is 195 Å². The van der Waals surface area contributed by atoms with Gasteiger partial charge in [-0.25, -0.2) is 9.78 Å². The summed E-state index contributed by atoms with van der Waals surface area (Å²) in [4.78, 5) is 62.6. The molecule has 0 radical (unpaired) electrons. The molecular weight excluding hydrogens is 562 g/mol. The van der Waals surface area contributed by atoms with Gasteiger partial charge in [0.25, 0.3) is 0 Å². The van der Waals surface area contributed by atoms with Crippen LogP contribution in [0.3, 0.4) is 0 Å². The molecule has 2 aromatic carbocycles. The number of fused-ring (bicyclic) bond motifs is 1. The molecule has 4 rings (SSSR count). The summed E-state index contributed by atoms with van der Waals surface area (Å²) in [5.41, 5.74) is 9.25. The third-order valence-corrected chi connectivity index (χ3v) is 7.75. The van der Waals surface area contributed by atoms with E-state index in [2.05, 4.69) is 30.9 Å². The lowest BCUT2D eigenvalue weighted by Crippen LogP contribution is -2.59. The van der Waals surface area contributed by atoms with Crippen molar-refractivity contribution in [2.24, 2.45) is 11.7 Å². The van der Waals surface area contributed by atoms with Crippen LogP contribution >= 0.6 is 0 Å². The van der Waals surface area contributed by atoms with E-state index < -0.39 is 47.9 Å². The molecule has 12 heteroatoms. The second kappa shape index (κ2) is 15.0. The van der Waals surface area contributed by atoms with Crippen molar-refractivity contribution in [1.82, 2.24) is 30.9 Å². The molecule has 0 saturated carbocycles. The van der Waals surface area contributed by atoms with Crippen LogP contribution in [-0.4, -0.2) is 67.9 Å². The summed E-state index contributed by atoms with van der Waals surface area (Å²) < 4.78 is 0. The average Bonchev–Trinajstić information content (AvgIpc) is 3.69. The number of hydrogen-bond donors (Lipinski definition) is 7. The van der Waals surface area contributed by atoms with Gasteiger partial charge in [0.15, 0.2) is 0 Å². The molecule has 3 amide bonds. The fraction of sp³-hybridized carbons (Fsp3) is 0.344. The van der Waals surface area contributed by atoms with E-state index in [1.165, 1.54) is 6.33 Å². The lowest BCUT2D eigenvalue weighted by atomic mass is 9.96. The zero-order valence-corrected chi connectivity index (χ0v) is 24.7. The number of hydrogen-bond acceptors (Lipinski definition) is 6. The Balaban J connectivity index is 1.54. The van der Waals surface area contributed by atoms with Gasteiger partial charge in [-0.1, -0.05) is 68.8 Å². The van der Waals surface area contributed by atoms with Crippen molar-refractivity contribution < 1.29 is 24.3 Å². The summed E-state index contributed by atoms with van der Waals surface area (Å²) in [5, 5.41) is 18.9. The molecule has 0 spiro atoms. The van der Waals surface area contributed by atoms with Crippen LogP contribution in [0.4, 0.5) is 0 Å². The summed E-state index contributed by atoms with van der Waals surface area (Å²) in [7, 11) is 0. The Bertz CT molecular complexity index is 1550. The highest BCUT2D eigenvalue weighted by Crippen LogP contribution is 2.20. The largest absolute Gasteiger partial charge is 0.480 e. The molecule has 0 bridgehead atoms. The van der Waals surface area contributed by atoms with E-state index in [0.29, 0.717) is 12.1 Å². The number of benzene rings is 2. The quantitative estimate of drug-likeness (QED) is 0.108. The molecule has 2 aromatic heterocycles. The Kier molecular flexibility index (Phi) is 10.9. The minimum atomic E-state index is -1.20. The van der Waals surface area contributed by atoms with Gasteiger partial charge in [0.1, 0.15) is 18.1 Å². The number of aromatic amines is 2. The number of carboxylic acid groups (broad SMARTS) is 1. The van der Waals surface area contributed by atoms with E-state index in [1.807, 2.05) is 37.3 Å². The van der Waals surface area contributed by atoms with Crippen LogP contribution in [0.1, 0.15) is 37.1 Å². The third kappa shape index (κ3) is 8.32.